The fourth-order valence-corrected chi connectivity index (χ4v) is 6.43. The number of anilines is 1. The zero-order valence-electron chi connectivity index (χ0n) is 22.8. The molecule has 0 radical (unpaired) electrons. The molecule has 1 amide bonds. The van der Waals surface area contributed by atoms with Crippen molar-refractivity contribution < 1.29 is 26.7 Å². The van der Waals surface area contributed by atoms with E-state index in [0.29, 0.717) is 34.9 Å². The fourth-order valence-electron chi connectivity index (χ4n) is 4.40. The summed E-state index contributed by atoms with van der Waals surface area (Å²) in [4.78, 5) is 14.1. The van der Waals surface area contributed by atoms with Crippen molar-refractivity contribution in [2.75, 3.05) is 24.5 Å². The molecule has 0 aliphatic carbocycles. The van der Waals surface area contributed by atoms with Crippen molar-refractivity contribution in [2.45, 2.75) is 24.3 Å². The summed E-state index contributed by atoms with van der Waals surface area (Å²) in [5.41, 5.74) is 0.561. The molecule has 11 heteroatoms. The van der Waals surface area contributed by atoms with Gasteiger partial charge in [0.15, 0.2) is 0 Å². The summed E-state index contributed by atoms with van der Waals surface area (Å²) in [6.45, 7) is 2.21. The highest BCUT2D eigenvalue weighted by Crippen LogP contribution is 2.38. The van der Waals surface area contributed by atoms with Gasteiger partial charge in [0.2, 0.25) is 0 Å². The van der Waals surface area contributed by atoms with Gasteiger partial charge in [-0.25, -0.2) is 17.2 Å². The summed E-state index contributed by atoms with van der Waals surface area (Å²) < 4.78 is 64.9. The number of carbonyl (C=O) groups excluding carboxylic acids is 1. The Bertz CT molecular complexity index is 1650. The highest BCUT2D eigenvalue weighted by molar-refractivity contribution is 9.10. The first-order chi connectivity index (χ1) is 20.0. The van der Waals surface area contributed by atoms with Crippen molar-refractivity contribution in [3.63, 3.8) is 0 Å². The molecule has 220 valence electrons. The van der Waals surface area contributed by atoms with Crippen LogP contribution in [0.1, 0.15) is 35.3 Å². The van der Waals surface area contributed by atoms with Gasteiger partial charge in [-0.1, -0.05) is 45.7 Å². The number of carbonyl (C=O) groups is 1. The quantitative estimate of drug-likeness (QED) is 0.152. The zero-order valence-corrected chi connectivity index (χ0v) is 26.0. The van der Waals surface area contributed by atoms with Gasteiger partial charge in [-0.05, 0) is 80.1 Å². The van der Waals surface area contributed by atoms with Crippen LogP contribution in [0.15, 0.2) is 100 Å². The molecular weight excluding hydrogens is 650 g/mol. The molecule has 0 aliphatic heterocycles. The maximum atomic E-state index is 15.1. The van der Waals surface area contributed by atoms with Gasteiger partial charge in [-0.15, -0.1) is 0 Å². The highest BCUT2D eigenvalue weighted by Gasteiger charge is 2.34. The lowest BCUT2D eigenvalue weighted by Gasteiger charge is -2.32. The molecule has 6 nitrogen and oxygen atoms in total. The molecule has 0 aliphatic rings. The molecule has 1 atom stereocenters. The number of sulfonamides is 1. The van der Waals surface area contributed by atoms with Gasteiger partial charge < -0.3 is 9.64 Å². The molecular formula is C31H28BrClF2N2O4S. The van der Waals surface area contributed by atoms with Crippen LogP contribution < -0.4 is 9.04 Å². The molecule has 42 heavy (non-hydrogen) atoms. The van der Waals surface area contributed by atoms with Gasteiger partial charge in [0.05, 0.1) is 23.2 Å². The number of para-hydroxylation sites is 1. The summed E-state index contributed by atoms with van der Waals surface area (Å²) >= 11 is 9.32. The van der Waals surface area contributed by atoms with Gasteiger partial charge in [0.1, 0.15) is 17.4 Å². The molecule has 0 heterocycles. The minimum atomic E-state index is -4.38. The summed E-state index contributed by atoms with van der Waals surface area (Å²) in [6, 6.07) is 21.0. The van der Waals surface area contributed by atoms with Crippen LogP contribution in [0.2, 0.25) is 5.02 Å². The number of amides is 1. The van der Waals surface area contributed by atoms with Gasteiger partial charge in [0, 0.05) is 40.3 Å². The third-order valence-corrected chi connectivity index (χ3v) is 9.25. The molecule has 0 N–H and O–H groups in total. The average molecular weight is 678 g/mol. The smallest absolute Gasteiger partial charge is 0.264 e. The van der Waals surface area contributed by atoms with Crippen molar-refractivity contribution in [1.82, 2.24) is 4.90 Å². The SMILES string of the molecule is CC(c1ccccc1OCCCN(C)C(=O)c1ccc(Br)cc1)N(c1cc(F)ccc1F)S(=O)(=O)c1ccc(Cl)cc1. The van der Waals surface area contributed by atoms with E-state index >= 15 is 4.39 Å². The Morgan fingerprint density at radius 3 is 2.33 bits per heavy atom. The van der Waals surface area contributed by atoms with Crippen LogP contribution in [0.25, 0.3) is 0 Å². The van der Waals surface area contributed by atoms with Crippen LogP contribution in [0, 0.1) is 11.6 Å². The summed E-state index contributed by atoms with van der Waals surface area (Å²) in [5.74, 6) is -1.45. The number of ether oxygens (including phenoxy) is 1. The topological polar surface area (TPSA) is 66.9 Å². The monoisotopic (exact) mass is 676 g/mol. The van der Waals surface area contributed by atoms with E-state index < -0.39 is 33.4 Å². The molecule has 0 bridgehead atoms. The van der Waals surface area contributed by atoms with Crippen LogP contribution in [-0.2, 0) is 10.0 Å². The van der Waals surface area contributed by atoms with E-state index in [-0.39, 0.29) is 17.4 Å². The molecule has 4 aromatic carbocycles. The van der Waals surface area contributed by atoms with Crippen LogP contribution in [-0.4, -0.2) is 39.4 Å². The standard InChI is InChI=1S/C31H28BrClF2N2O4S/c1-21(37(29-20-25(34)14-17-28(29)35)42(39,40)26-15-12-24(33)13-16-26)27-6-3-4-7-30(27)41-19-5-18-36(2)31(38)22-8-10-23(32)11-9-22/h3-4,6-17,20-21H,5,18-19H2,1-2H3. The third kappa shape index (κ3) is 7.29. The van der Waals surface area contributed by atoms with Crippen molar-refractivity contribution in [3.05, 3.63) is 123 Å². The zero-order chi connectivity index (χ0) is 30.4. The first kappa shape index (κ1) is 31.5. The molecule has 1 unspecified atom stereocenters. The van der Waals surface area contributed by atoms with E-state index in [0.717, 1.165) is 27.0 Å². The first-order valence-electron chi connectivity index (χ1n) is 13.0. The summed E-state index contributed by atoms with van der Waals surface area (Å²) in [6.07, 6.45) is 0.493. The lowest BCUT2D eigenvalue weighted by atomic mass is 10.1. The largest absolute Gasteiger partial charge is 0.493 e. The molecule has 4 rings (SSSR count). The van der Waals surface area contributed by atoms with E-state index in [1.165, 1.54) is 24.3 Å². The van der Waals surface area contributed by atoms with Crippen LogP contribution >= 0.6 is 27.5 Å². The Morgan fingerprint density at radius 2 is 1.64 bits per heavy atom. The van der Waals surface area contributed by atoms with Crippen molar-refractivity contribution >= 4 is 49.1 Å². The minimum Gasteiger partial charge on any atom is -0.493 e. The number of hydrogen-bond acceptors (Lipinski definition) is 4. The molecule has 0 spiro atoms. The number of rotatable bonds is 11. The lowest BCUT2D eigenvalue weighted by Crippen LogP contribution is -2.34. The minimum absolute atomic E-state index is 0.128. The van der Waals surface area contributed by atoms with E-state index in [1.54, 1.807) is 67.4 Å². The van der Waals surface area contributed by atoms with Gasteiger partial charge >= 0.3 is 0 Å². The second-order valence-corrected chi connectivity index (χ2v) is 12.7. The maximum absolute atomic E-state index is 15.1. The first-order valence-corrected chi connectivity index (χ1v) is 15.6. The van der Waals surface area contributed by atoms with E-state index in [4.69, 9.17) is 16.3 Å². The summed E-state index contributed by atoms with van der Waals surface area (Å²) in [7, 11) is -2.68. The van der Waals surface area contributed by atoms with E-state index in [2.05, 4.69) is 15.9 Å². The van der Waals surface area contributed by atoms with Gasteiger partial charge in [0.25, 0.3) is 15.9 Å². The fraction of sp³-hybridized carbons (Fsp3) is 0.194. The second-order valence-electron chi connectivity index (χ2n) is 9.50. The highest BCUT2D eigenvalue weighted by atomic mass is 79.9. The molecule has 0 fully saturated rings. The molecule has 4 aromatic rings. The number of halogens is 4. The molecule has 0 aromatic heterocycles. The molecule has 0 saturated carbocycles. The predicted octanol–water partition coefficient (Wildman–Crippen LogP) is 7.88. The Balaban J connectivity index is 1.57. The van der Waals surface area contributed by atoms with Gasteiger partial charge in [-0.3, -0.25) is 9.10 Å². The molecule has 0 saturated heterocycles. The summed E-state index contributed by atoms with van der Waals surface area (Å²) in [5, 5.41) is 0.327. The lowest BCUT2D eigenvalue weighted by molar-refractivity contribution is 0.0787. The van der Waals surface area contributed by atoms with Gasteiger partial charge in [-0.2, -0.15) is 0 Å². The van der Waals surface area contributed by atoms with Crippen LogP contribution in [0.3, 0.4) is 0 Å². The number of nitrogens with zero attached hydrogens (tertiary/aromatic N) is 2. The maximum Gasteiger partial charge on any atom is 0.264 e. The van der Waals surface area contributed by atoms with Crippen molar-refractivity contribution in [1.29, 1.82) is 0 Å². The van der Waals surface area contributed by atoms with E-state index in [1.807, 2.05) is 0 Å². The third-order valence-electron chi connectivity index (χ3n) is 6.57. The predicted molar refractivity (Wildman–Crippen MR) is 164 cm³/mol. The Morgan fingerprint density at radius 1 is 0.976 bits per heavy atom. The average Bonchev–Trinajstić information content (AvgIpc) is 2.97. The second kappa shape index (κ2) is 13.7. The van der Waals surface area contributed by atoms with Crippen LogP contribution in [0.5, 0.6) is 5.75 Å². The van der Waals surface area contributed by atoms with Crippen molar-refractivity contribution in [2.24, 2.45) is 0 Å². The van der Waals surface area contributed by atoms with Crippen LogP contribution in [0.4, 0.5) is 14.5 Å². The van der Waals surface area contributed by atoms with Crippen molar-refractivity contribution in [3.8, 4) is 5.75 Å². The normalized spacial score (nSPS) is 12.0. The number of benzene rings is 4. The Hall–Kier alpha value is -3.47. The Labute approximate surface area is 257 Å². The number of hydrogen-bond donors (Lipinski definition) is 0. The Kier molecular flexibility index (Phi) is 10.2. The van der Waals surface area contributed by atoms with E-state index in [9.17, 15) is 17.6 Å².